The molecule has 0 spiro atoms. The minimum Gasteiger partial charge on any atom is -0.481 e. The first kappa shape index (κ1) is 26.7. The SMILES string of the molecule is C[C@@H](CCCCCc1ccccc1)[C@H](O)CC[C@H]1CCC(=O)N1CCSCCCC(=O)O. The third-order valence-corrected chi connectivity index (χ3v) is 7.58. The molecule has 0 bridgehead atoms. The Hall–Kier alpha value is -1.53. The molecule has 0 aromatic heterocycles. The van der Waals surface area contributed by atoms with Crippen molar-refractivity contribution in [2.75, 3.05) is 18.1 Å². The van der Waals surface area contributed by atoms with Crippen molar-refractivity contribution >= 4 is 23.6 Å². The molecule has 1 amide bonds. The van der Waals surface area contributed by atoms with E-state index in [0.29, 0.717) is 18.8 Å². The van der Waals surface area contributed by atoms with Crippen molar-refractivity contribution in [3.05, 3.63) is 35.9 Å². The van der Waals surface area contributed by atoms with Crippen molar-refractivity contribution in [2.24, 2.45) is 5.92 Å². The molecule has 5 nitrogen and oxygen atoms in total. The summed E-state index contributed by atoms with van der Waals surface area (Å²) in [6, 6.07) is 10.8. The van der Waals surface area contributed by atoms with Crippen LogP contribution in [0.15, 0.2) is 30.3 Å². The Kier molecular flexibility index (Phi) is 12.8. The van der Waals surface area contributed by atoms with Crippen molar-refractivity contribution in [2.45, 2.75) is 89.7 Å². The van der Waals surface area contributed by atoms with Gasteiger partial charge in [0.1, 0.15) is 0 Å². The highest BCUT2D eigenvalue weighted by molar-refractivity contribution is 7.99. The Balaban J connectivity index is 1.57. The number of amides is 1. The summed E-state index contributed by atoms with van der Waals surface area (Å²) in [5, 5.41) is 19.3. The monoisotopic (exact) mass is 463 g/mol. The summed E-state index contributed by atoms with van der Waals surface area (Å²) in [7, 11) is 0. The van der Waals surface area contributed by atoms with Crippen LogP contribution < -0.4 is 0 Å². The number of thioether (sulfide) groups is 1. The summed E-state index contributed by atoms with van der Waals surface area (Å²) in [5.41, 5.74) is 1.40. The van der Waals surface area contributed by atoms with E-state index in [2.05, 4.69) is 37.3 Å². The van der Waals surface area contributed by atoms with Gasteiger partial charge in [0.15, 0.2) is 0 Å². The number of aliphatic hydroxyl groups excluding tert-OH is 1. The second kappa shape index (κ2) is 15.3. The second-order valence-corrected chi connectivity index (χ2v) is 10.3. The summed E-state index contributed by atoms with van der Waals surface area (Å²) in [4.78, 5) is 24.8. The molecular formula is C26H41NO4S. The van der Waals surface area contributed by atoms with Gasteiger partial charge >= 0.3 is 5.97 Å². The minimum absolute atomic E-state index is 0.210. The highest BCUT2D eigenvalue weighted by Gasteiger charge is 2.31. The van der Waals surface area contributed by atoms with E-state index in [1.807, 2.05) is 4.90 Å². The molecule has 6 heteroatoms. The van der Waals surface area contributed by atoms with Gasteiger partial charge in [0, 0.05) is 31.2 Å². The number of likely N-dealkylation sites (tertiary alicyclic amines) is 1. The molecule has 1 heterocycles. The van der Waals surface area contributed by atoms with Crippen LogP contribution in [0.25, 0.3) is 0 Å². The van der Waals surface area contributed by atoms with E-state index in [-0.39, 0.29) is 24.5 Å². The molecule has 1 aromatic rings. The molecule has 2 rings (SSSR count). The largest absolute Gasteiger partial charge is 0.481 e. The van der Waals surface area contributed by atoms with Crippen LogP contribution in [0.2, 0.25) is 0 Å². The first-order valence-electron chi connectivity index (χ1n) is 12.3. The van der Waals surface area contributed by atoms with E-state index in [0.717, 1.165) is 56.6 Å². The Morgan fingerprint density at radius 3 is 2.66 bits per heavy atom. The fraction of sp³-hybridized carbons (Fsp3) is 0.692. The van der Waals surface area contributed by atoms with E-state index in [1.165, 1.54) is 18.4 Å². The van der Waals surface area contributed by atoms with Crippen LogP contribution in [-0.4, -0.2) is 57.2 Å². The number of rotatable bonds is 17. The quantitative estimate of drug-likeness (QED) is 0.312. The van der Waals surface area contributed by atoms with Crippen LogP contribution in [0.5, 0.6) is 0 Å². The van der Waals surface area contributed by atoms with Crippen molar-refractivity contribution in [1.29, 1.82) is 0 Å². The van der Waals surface area contributed by atoms with E-state index in [9.17, 15) is 14.7 Å². The average Bonchev–Trinajstić information content (AvgIpc) is 3.13. The van der Waals surface area contributed by atoms with E-state index in [1.54, 1.807) is 11.8 Å². The molecule has 0 radical (unpaired) electrons. The van der Waals surface area contributed by atoms with Crippen LogP contribution in [0.1, 0.15) is 76.7 Å². The Morgan fingerprint density at radius 1 is 1.12 bits per heavy atom. The van der Waals surface area contributed by atoms with Crippen molar-refractivity contribution in [3.63, 3.8) is 0 Å². The molecule has 1 saturated heterocycles. The molecular weight excluding hydrogens is 422 g/mol. The number of aryl methyl sites for hydroxylation is 1. The molecule has 0 aliphatic carbocycles. The first-order valence-corrected chi connectivity index (χ1v) is 13.4. The molecule has 1 aromatic carbocycles. The lowest BCUT2D eigenvalue weighted by atomic mass is 9.92. The van der Waals surface area contributed by atoms with Crippen molar-refractivity contribution in [3.8, 4) is 0 Å². The maximum absolute atomic E-state index is 12.3. The fourth-order valence-corrected chi connectivity index (χ4v) is 5.33. The molecule has 3 atom stereocenters. The predicted molar refractivity (Wildman–Crippen MR) is 132 cm³/mol. The number of carbonyl (C=O) groups excluding carboxylic acids is 1. The molecule has 2 N–H and O–H groups in total. The molecule has 32 heavy (non-hydrogen) atoms. The average molecular weight is 464 g/mol. The number of aliphatic carboxylic acids is 1. The van der Waals surface area contributed by atoms with Gasteiger partial charge in [0.25, 0.3) is 0 Å². The van der Waals surface area contributed by atoms with Gasteiger partial charge < -0.3 is 15.1 Å². The van der Waals surface area contributed by atoms with Crippen molar-refractivity contribution in [1.82, 2.24) is 4.90 Å². The topological polar surface area (TPSA) is 77.8 Å². The highest BCUT2D eigenvalue weighted by Crippen LogP contribution is 2.26. The number of carboxylic acid groups (broad SMARTS) is 1. The zero-order valence-electron chi connectivity index (χ0n) is 19.6. The lowest BCUT2D eigenvalue weighted by molar-refractivity contribution is -0.137. The lowest BCUT2D eigenvalue weighted by Crippen LogP contribution is -2.35. The van der Waals surface area contributed by atoms with Gasteiger partial charge in [-0.3, -0.25) is 9.59 Å². The first-order chi connectivity index (χ1) is 15.5. The number of nitrogens with zero attached hydrogens (tertiary/aromatic N) is 1. The summed E-state index contributed by atoms with van der Waals surface area (Å²) < 4.78 is 0. The third-order valence-electron chi connectivity index (χ3n) is 6.53. The van der Waals surface area contributed by atoms with Crippen LogP contribution in [0, 0.1) is 5.92 Å². The van der Waals surface area contributed by atoms with Gasteiger partial charge in [-0.15, -0.1) is 0 Å². The van der Waals surface area contributed by atoms with Crippen LogP contribution in [0.3, 0.4) is 0 Å². The number of carbonyl (C=O) groups is 2. The highest BCUT2D eigenvalue weighted by atomic mass is 32.2. The molecule has 1 fully saturated rings. The van der Waals surface area contributed by atoms with E-state index in [4.69, 9.17) is 5.11 Å². The third kappa shape index (κ3) is 10.4. The van der Waals surface area contributed by atoms with Crippen molar-refractivity contribution < 1.29 is 19.8 Å². The predicted octanol–water partition coefficient (Wildman–Crippen LogP) is 5.16. The smallest absolute Gasteiger partial charge is 0.303 e. The Morgan fingerprint density at radius 2 is 1.91 bits per heavy atom. The summed E-state index contributed by atoms with van der Waals surface area (Å²) >= 11 is 1.72. The molecule has 1 aliphatic rings. The summed E-state index contributed by atoms with van der Waals surface area (Å²) in [6.45, 7) is 2.88. The van der Waals surface area contributed by atoms with Crippen LogP contribution >= 0.6 is 11.8 Å². The Labute approximate surface area is 198 Å². The molecule has 0 unspecified atom stereocenters. The summed E-state index contributed by atoms with van der Waals surface area (Å²) in [5.74, 6) is 1.44. The van der Waals surface area contributed by atoms with E-state index < -0.39 is 5.97 Å². The zero-order chi connectivity index (χ0) is 23.2. The maximum atomic E-state index is 12.3. The van der Waals surface area contributed by atoms with E-state index >= 15 is 0 Å². The Bertz CT molecular complexity index is 669. The minimum atomic E-state index is -0.750. The number of benzene rings is 1. The standard InChI is InChI=1S/C26H41NO4S/c1-21(9-4-2-5-10-22-11-6-3-7-12-22)24(28)16-14-23-15-17-25(29)27(23)18-20-32-19-8-13-26(30)31/h3,6-7,11-12,21,23-24,28H,2,4-5,8-10,13-20H2,1H3,(H,30,31)/t21-,23-,24+/m0/s1. The van der Waals surface area contributed by atoms with Crippen LogP contribution in [-0.2, 0) is 16.0 Å². The van der Waals surface area contributed by atoms with Gasteiger partial charge in [0.05, 0.1) is 6.10 Å². The van der Waals surface area contributed by atoms with Gasteiger partial charge in [-0.25, -0.2) is 0 Å². The number of aliphatic hydroxyl groups is 1. The number of unbranched alkanes of at least 4 members (excludes halogenated alkanes) is 2. The second-order valence-electron chi connectivity index (χ2n) is 9.10. The number of hydrogen-bond donors (Lipinski definition) is 2. The fourth-order valence-electron chi connectivity index (χ4n) is 4.45. The van der Waals surface area contributed by atoms with Gasteiger partial charge in [-0.1, -0.05) is 50.1 Å². The lowest BCUT2D eigenvalue weighted by Gasteiger charge is -2.27. The van der Waals surface area contributed by atoms with Gasteiger partial charge in [-0.05, 0) is 62.2 Å². The molecule has 1 aliphatic heterocycles. The normalized spacial score (nSPS) is 18.1. The maximum Gasteiger partial charge on any atom is 0.303 e. The molecule has 180 valence electrons. The molecule has 0 saturated carbocycles. The van der Waals surface area contributed by atoms with Gasteiger partial charge in [0.2, 0.25) is 5.91 Å². The number of carboxylic acids is 1. The van der Waals surface area contributed by atoms with Gasteiger partial charge in [-0.2, -0.15) is 11.8 Å². The number of hydrogen-bond acceptors (Lipinski definition) is 4. The summed E-state index contributed by atoms with van der Waals surface area (Å²) in [6.07, 6.45) is 9.43. The van der Waals surface area contributed by atoms with Crippen LogP contribution in [0.4, 0.5) is 0 Å². The zero-order valence-corrected chi connectivity index (χ0v) is 20.4.